The number of fused-ring (bicyclic) bond motifs is 1. The largest absolute Gasteiger partial charge is 0.469 e. The number of nitrogens with zero attached hydrogens (tertiary/aromatic N) is 1. The number of hydrogen-bond donors (Lipinski definition) is 0. The van der Waals surface area contributed by atoms with Gasteiger partial charge in [0.05, 0.1) is 23.4 Å². The Labute approximate surface area is 156 Å². The van der Waals surface area contributed by atoms with Crippen molar-refractivity contribution in [2.24, 2.45) is 11.8 Å². The Kier molecular flexibility index (Phi) is 4.44. The number of ether oxygens (including phenoxy) is 3. The molecule has 0 bridgehead atoms. The quantitative estimate of drug-likeness (QED) is 0.336. The molecule has 0 unspecified atom stereocenters. The molecule has 0 N–H and O–H groups in total. The smallest absolute Gasteiger partial charge is 0.310 e. The van der Waals surface area contributed by atoms with Gasteiger partial charge in [0.15, 0.2) is 11.6 Å². The molecule has 0 aromatic heterocycles. The summed E-state index contributed by atoms with van der Waals surface area (Å²) in [5.74, 6) is -3.49. The van der Waals surface area contributed by atoms with Crippen LogP contribution in [0, 0.1) is 22.0 Å². The van der Waals surface area contributed by atoms with Crippen LogP contribution in [0.3, 0.4) is 0 Å². The van der Waals surface area contributed by atoms with Crippen molar-refractivity contribution in [3.05, 3.63) is 51.1 Å². The molecule has 0 amide bonds. The van der Waals surface area contributed by atoms with E-state index in [0.717, 1.165) is 0 Å². The predicted molar refractivity (Wildman–Crippen MR) is 93.9 cm³/mol. The van der Waals surface area contributed by atoms with Crippen molar-refractivity contribution >= 4 is 17.4 Å². The number of Topliss-reactive ketones (excluding diaryl/α,β-unsaturated/α-hetero) is 1. The highest BCUT2D eigenvalue weighted by molar-refractivity contribution is 6.12. The van der Waals surface area contributed by atoms with Gasteiger partial charge in [0.2, 0.25) is 0 Å². The van der Waals surface area contributed by atoms with E-state index in [1.165, 1.54) is 45.6 Å². The van der Waals surface area contributed by atoms with Crippen LogP contribution in [0.15, 0.2) is 35.4 Å². The van der Waals surface area contributed by atoms with Crippen molar-refractivity contribution < 1.29 is 28.7 Å². The van der Waals surface area contributed by atoms with Gasteiger partial charge in [-0.05, 0) is 30.6 Å². The molecule has 3 rings (SSSR count). The summed E-state index contributed by atoms with van der Waals surface area (Å²) in [7, 11) is 4.18. The molecule has 1 aromatic rings. The summed E-state index contributed by atoms with van der Waals surface area (Å²) in [6.07, 6.45) is 0. The Bertz CT molecular complexity index is 853. The summed E-state index contributed by atoms with van der Waals surface area (Å²) >= 11 is 0. The monoisotopic (exact) mass is 375 g/mol. The molecular weight excluding hydrogens is 354 g/mol. The molecule has 1 fully saturated rings. The molecule has 1 saturated carbocycles. The van der Waals surface area contributed by atoms with E-state index in [2.05, 4.69) is 0 Å². The number of carbonyl (C=O) groups is 2. The fourth-order valence-corrected chi connectivity index (χ4v) is 4.61. The number of nitro benzene ring substituents is 1. The maximum absolute atomic E-state index is 13.4. The molecular formula is C19H21NO7. The number of esters is 1. The summed E-state index contributed by atoms with van der Waals surface area (Å²) in [6, 6.07) is 5.66. The Morgan fingerprint density at radius 2 is 1.67 bits per heavy atom. The molecule has 27 heavy (non-hydrogen) atoms. The van der Waals surface area contributed by atoms with Crippen molar-refractivity contribution in [3.63, 3.8) is 0 Å². The van der Waals surface area contributed by atoms with Crippen molar-refractivity contribution in [3.8, 4) is 0 Å². The second kappa shape index (κ2) is 6.24. The van der Waals surface area contributed by atoms with E-state index < -0.39 is 33.9 Å². The van der Waals surface area contributed by atoms with Crippen LogP contribution in [-0.4, -0.2) is 43.8 Å². The predicted octanol–water partition coefficient (Wildman–Crippen LogP) is 2.16. The molecule has 3 atom stereocenters. The van der Waals surface area contributed by atoms with Crippen LogP contribution in [0.2, 0.25) is 0 Å². The number of ketones is 1. The Morgan fingerprint density at radius 3 is 2.11 bits per heavy atom. The SMILES string of the molecule is COC(=O)[C@@H]1[C@H]2C(OC)(OC)C(C)=C(C)C(=O)[C@@]12c1ccc([N+](=O)[O-])cc1. The average Bonchev–Trinajstić information content (AvgIpc) is 3.39. The lowest BCUT2D eigenvalue weighted by Crippen LogP contribution is -2.47. The van der Waals surface area contributed by atoms with Crippen LogP contribution in [0.5, 0.6) is 0 Å². The van der Waals surface area contributed by atoms with E-state index in [9.17, 15) is 19.7 Å². The number of rotatable bonds is 5. The summed E-state index contributed by atoms with van der Waals surface area (Å²) in [5.41, 5.74) is 0.214. The summed E-state index contributed by atoms with van der Waals surface area (Å²) in [5, 5.41) is 11.0. The molecule has 2 aliphatic rings. The highest BCUT2D eigenvalue weighted by atomic mass is 16.7. The van der Waals surface area contributed by atoms with Crippen LogP contribution in [0.4, 0.5) is 5.69 Å². The number of carbonyl (C=O) groups excluding carboxylic acids is 2. The zero-order chi connectivity index (χ0) is 20.1. The number of hydrogen-bond acceptors (Lipinski definition) is 7. The van der Waals surface area contributed by atoms with E-state index in [4.69, 9.17) is 14.2 Å². The van der Waals surface area contributed by atoms with Crippen LogP contribution < -0.4 is 0 Å². The minimum absolute atomic E-state index is 0.0987. The lowest BCUT2D eigenvalue weighted by Gasteiger charge is -2.39. The highest BCUT2D eigenvalue weighted by Crippen LogP contribution is 2.70. The van der Waals surface area contributed by atoms with Crippen LogP contribution >= 0.6 is 0 Å². The fraction of sp³-hybridized carbons (Fsp3) is 0.474. The number of non-ortho nitro benzene ring substituents is 1. The topological polar surface area (TPSA) is 105 Å². The van der Waals surface area contributed by atoms with Gasteiger partial charge in [-0.2, -0.15) is 0 Å². The van der Waals surface area contributed by atoms with Gasteiger partial charge in [-0.1, -0.05) is 12.1 Å². The second-order valence-corrected chi connectivity index (χ2v) is 6.81. The van der Waals surface area contributed by atoms with E-state index in [1.54, 1.807) is 13.8 Å². The first kappa shape index (κ1) is 19.2. The van der Waals surface area contributed by atoms with Gasteiger partial charge in [0, 0.05) is 32.3 Å². The molecule has 144 valence electrons. The molecule has 0 heterocycles. The van der Waals surface area contributed by atoms with Gasteiger partial charge in [0.25, 0.3) is 5.69 Å². The molecule has 0 spiro atoms. The van der Waals surface area contributed by atoms with Gasteiger partial charge in [-0.3, -0.25) is 19.7 Å². The number of benzene rings is 1. The maximum Gasteiger partial charge on any atom is 0.310 e. The third-order valence-corrected chi connectivity index (χ3v) is 6.03. The average molecular weight is 375 g/mol. The first-order valence-electron chi connectivity index (χ1n) is 8.39. The Morgan fingerprint density at radius 1 is 1.11 bits per heavy atom. The van der Waals surface area contributed by atoms with Gasteiger partial charge >= 0.3 is 5.97 Å². The zero-order valence-corrected chi connectivity index (χ0v) is 15.8. The molecule has 2 aliphatic carbocycles. The van der Waals surface area contributed by atoms with Gasteiger partial charge in [0.1, 0.15) is 0 Å². The molecule has 0 radical (unpaired) electrons. The van der Waals surface area contributed by atoms with Crippen molar-refractivity contribution in [1.82, 2.24) is 0 Å². The fourth-order valence-electron chi connectivity index (χ4n) is 4.61. The Hall–Kier alpha value is -2.58. The molecule has 0 saturated heterocycles. The standard InChI is InChI=1S/C19H21NO7/c1-10-11(2)19(26-4,27-5)15-14(17(22)25-3)18(15,16(10)21)12-6-8-13(9-7-12)20(23)24/h6-9,14-15H,1-5H3/t14-,15+,18-/m0/s1. The van der Waals surface area contributed by atoms with Crippen LogP contribution in [0.25, 0.3) is 0 Å². The van der Waals surface area contributed by atoms with Crippen molar-refractivity contribution in [2.45, 2.75) is 25.0 Å². The first-order valence-corrected chi connectivity index (χ1v) is 8.39. The third-order valence-electron chi connectivity index (χ3n) is 6.03. The maximum atomic E-state index is 13.4. The van der Waals surface area contributed by atoms with Crippen molar-refractivity contribution in [1.29, 1.82) is 0 Å². The lowest BCUT2D eigenvalue weighted by molar-refractivity contribution is -0.384. The van der Waals surface area contributed by atoms with Gasteiger partial charge < -0.3 is 14.2 Å². The minimum Gasteiger partial charge on any atom is -0.469 e. The van der Waals surface area contributed by atoms with Crippen molar-refractivity contribution in [2.75, 3.05) is 21.3 Å². The number of nitro groups is 1. The molecule has 8 heteroatoms. The molecule has 8 nitrogen and oxygen atoms in total. The van der Waals surface area contributed by atoms with E-state index in [1.807, 2.05) is 0 Å². The molecule has 1 aromatic carbocycles. The lowest BCUT2D eigenvalue weighted by atomic mass is 9.75. The minimum atomic E-state index is -1.27. The zero-order valence-electron chi connectivity index (χ0n) is 15.8. The summed E-state index contributed by atoms with van der Waals surface area (Å²) in [6.45, 7) is 3.41. The van der Waals surface area contributed by atoms with E-state index >= 15 is 0 Å². The number of allylic oxidation sites excluding steroid dienone is 1. The normalized spacial score (nSPS) is 28.6. The van der Waals surface area contributed by atoms with Gasteiger partial charge in [-0.15, -0.1) is 0 Å². The Balaban J connectivity index is 2.25. The number of methoxy groups -OCH3 is 3. The third kappa shape index (κ3) is 2.23. The van der Waals surface area contributed by atoms with Gasteiger partial charge in [-0.25, -0.2) is 0 Å². The summed E-state index contributed by atoms with van der Waals surface area (Å²) in [4.78, 5) is 36.4. The second-order valence-electron chi connectivity index (χ2n) is 6.81. The summed E-state index contributed by atoms with van der Waals surface area (Å²) < 4.78 is 16.3. The van der Waals surface area contributed by atoms with Crippen LogP contribution in [-0.2, 0) is 29.2 Å². The highest BCUT2D eigenvalue weighted by Gasteiger charge is 2.82. The first-order chi connectivity index (χ1) is 12.7. The van der Waals surface area contributed by atoms with E-state index in [-0.39, 0.29) is 11.5 Å². The van der Waals surface area contributed by atoms with Crippen LogP contribution in [0.1, 0.15) is 19.4 Å². The molecule has 0 aliphatic heterocycles. The van der Waals surface area contributed by atoms with E-state index in [0.29, 0.717) is 16.7 Å².